The van der Waals surface area contributed by atoms with Crippen molar-refractivity contribution < 1.29 is 4.79 Å². The molecule has 0 saturated heterocycles. The van der Waals surface area contributed by atoms with E-state index in [1.165, 1.54) is 0 Å². The molecule has 94 valence electrons. The van der Waals surface area contributed by atoms with Gasteiger partial charge in [-0.2, -0.15) is 0 Å². The average Bonchev–Trinajstić information content (AvgIpc) is 2.75. The van der Waals surface area contributed by atoms with E-state index in [1.54, 1.807) is 24.4 Å². The Kier molecular flexibility index (Phi) is 4.19. The number of benzene rings is 1. The van der Waals surface area contributed by atoms with Crippen molar-refractivity contribution in [2.45, 2.75) is 12.8 Å². The summed E-state index contributed by atoms with van der Waals surface area (Å²) < 4.78 is 2.69. The van der Waals surface area contributed by atoms with Gasteiger partial charge in [0.05, 0.1) is 0 Å². The van der Waals surface area contributed by atoms with E-state index < -0.39 is 0 Å². The molecule has 0 aliphatic rings. The van der Waals surface area contributed by atoms with Gasteiger partial charge in [0.2, 0.25) is 0 Å². The molecule has 0 N–H and O–H groups in total. The molecule has 0 unspecified atom stereocenters. The highest BCUT2D eigenvalue weighted by molar-refractivity contribution is 9.10. The standard InChI is InChI=1S/C13H12BrClN2O/c1-17-7-6-16-13(17)5-4-12(18)10-8-9(15)2-3-11(10)14/h2-3,6-8H,4-5H2,1H3. The largest absolute Gasteiger partial charge is 0.338 e. The fourth-order valence-electron chi connectivity index (χ4n) is 1.71. The zero-order valence-corrected chi connectivity index (χ0v) is 12.2. The smallest absolute Gasteiger partial charge is 0.164 e. The Hall–Kier alpha value is -1.13. The lowest BCUT2D eigenvalue weighted by molar-refractivity contribution is 0.0981. The molecule has 1 aromatic heterocycles. The van der Waals surface area contributed by atoms with Crippen molar-refractivity contribution >= 4 is 33.3 Å². The number of hydrogen-bond acceptors (Lipinski definition) is 2. The Bertz CT molecular complexity index is 580. The Morgan fingerprint density at radius 1 is 1.50 bits per heavy atom. The molecular weight excluding hydrogens is 316 g/mol. The Morgan fingerprint density at radius 3 is 2.94 bits per heavy atom. The molecule has 0 bridgehead atoms. The highest BCUT2D eigenvalue weighted by Crippen LogP contribution is 2.22. The molecule has 18 heavy (non-hydrogen) atoms. The molecule has 0 amide bonds. The van der Waals surface area contributed by atoms with Crippen LogP contribution in [-0.2, 0) is 13.5 Å². The fourth-order valence-corrected chi connectivity index (χ4v) is 2.35. The number of imidazole rings is 1. The van der Waals surface area contributed by atoms with Crippen molar-refractivity contribution in [1.82, 2.24) is 9.55 Å². The van der Waals surface area contributed by atoms with E-state index >= 15 is 0 Å². The molecular formula is C13H12BrClN2O. The van der Waals surface area contributed by atoms with E-state index in [4.69, 9.17) is 11.6 Å². The molecule has 0 radical (unpaired) electrons. The first-order valence-corrected chi connectivity index (χ1v) is 6.69. The minimum absolute atomic E-state index is 0.0624. The summed E-state index contributed by atoms with van der Waals surface area (Å²) in [6.07, 6.45) is 4.65. The lowest BCUT2D eigenvalue weighted by Gasteiger charge is -2.05. The number of nitrogens with zero attached hydrogens (tertiary/aromatic N) is 2. The number of rotatable bonds is 4. The van der Waals surface area contributed by atoms with Gasteiger partial charge < -0.3 is 4.57 Å². The summed E-state index contributed by atoms with van der Waals surface area (Å²) in [5.41, 5.74) is 0.622. The quantitative estimate of drug-likeness (QED) is 0.803. The Morgan fingerprint density at radius 2 is 2.28 bits per heavy atom. The summed E-state index contributed by atoms with van der Waals surface area (Å²) >= 11 is 9.26. The molecule has 2 aromatic rings. The van der Waals surface area contributed by atoms with Crippen LogP contribution >= 0.6 is 27.5 Å². The zero-order valence-electron chi connectivity index (χ0n) is 9.86. The van der Waals surface area contributed by atoms with Crippen LogP contribution in [0.2, 0.25) is 5.02 Å². The number of aromatic nitrogens is 2. The summed E-state index contributed by atoms with van der Waals surface area (Å²) in [5.74, 6) is 0.967. The minimum Gasteiger partial charge on any atom is -0.338 e. The van der Waals surface area contributed by atoms with Gasteiger partial charge in [0.25, 0.3) is 0 Å². The fraction of sp³-hybridized carbons (Fsp3) is 0.231. The van der Waals surface area contributed by atoms with Crippen molar-refractivity contribution in [3.05, 3.63) is 51.5 Å². The second-order valence-corrected chi connectivity index (χ2v) is 5.29. The number of carbonyl (C=O) groups is 1. The Balaban J connectivity index is 2.08. The van der Waals surface area contributed by atoms with Crippen molar-refractivity contribution in [1.29, 1.82) is 0 Å². The topological polar surface area (TPSA) is 34.9 Å². The normalized spacial score (nSPS) is 10.6. The van der Waals surface area contributed by atoms with Gasteiger partial charge in [0.15, 0.2) is 5.78 Å². The van der Waals surface area contributed by atoms with E-state index in [9.17, 15) is 4.79 Å². The molecule has 0 fully saturated rings. The van der Waals surface area contributed by atoms with Gasteiger partial charge in [0, 0.05) is 47.3 Å². The van der Waals surface area contributed by atoms with Crippen LogP contribution in [0.15, 0.2) is 35.1 Å². The van der Waals surface area contributed by atoms with Crippen molar-refractivity contribution in [3.63, 3.8) is 0 Å². The molecule has 1 aromatic carbocycles. The van der Waals surface area contributed by atoms with Crippen LogP contribution in [0.5, 0.6) is 0 Å². The van der Waals surface area contributed by atoms with Gasteiger partial charge in [-0.05, 0) is 18.2 Å². The minimum atomic E-state index is 0.0624. The van der Waals surface area contributed by atoms with Crippen molar-refractivity contribution in [3.8, 4) is 0 Å². The summed E-state index contributed by atoms with van der Waals surface area (Å²) in [6.45, 7) is 0. The van der Waals surface area contributed by atoms with Gasteiger partial charge in [0.1, 0.15) is 5.82 Å². The second-order valence-electron chi connectivity index (χ2n) is 4.00. The summed E-state index contributed by atoms with van der Waals surface area (Å²) in [7, 11) is 1.92. The van der Waals surface area contributed by atoms with Crippen LogP contribution in [0.3, 0.4) is 0 Å². The van der Waals surface area contributed by atoms with Gasteiger partial charge in [-0.15, -0.1) is 0 Å². The molecule has 0 spiro atoms. The molecule has 0 atom stereocenters. The number of aryl methyl sites for hydroxylation is 2. The SMILES string of the molecule is Cn1ccnc1CCC(=O)c1cc(Cl)ccc1Br. The first-order valence-electron chi connectivity index (χ1n) is 5.52. The van der Waals surface area contributed by atoms with Crippen LogP contribution in [0, 0.1) is 0 Å². The van der Waals surface area contributed by atoms with Gasteiger partial charge in [-0.1, -0.05) is 27.5 Å². The van der Waals surface area contributed by atoms with Crippen LogP contribution in [0.25, 0.3) is 0 Å². The average molecular weight is 328 g/mol. The number of hydrogen-bond donors (Lipinski definition) is 0. The molecule has 5 heteroatoms. The number of halogens is 2. The molecule has 2 rings (SSSR count). The van der Waals surface area contributed by atoms with Crippen LogP contribution in [0.4, 0.5) is 0 Å². The second kappa shape index (κ2) is 5.67. The zero-order chi connectivity index (χ0) is 13.1. The van der Waals surface area contributed by atoms with Crippen LogP contribution in [-0.4, -0.2) is 15.3 Å². The maximum Gasteiger partial charge on any atom is 0.164 e. The third-order valence-electron chi connectivity index (χ3n) is 2.73. The van der Waals surface area contributed by atoms with E-state index in [0.717, 1.165) is 10.3 Å². The number of carbonyl (C=O) groups excluding carboxylic acids is 1. The first kappa shape index (κ1) is 13.3. The van der Waals surface area contributed by atoms with Gasteiger partial charge >= 0.3 is 0 Å². The lowest BCUT2D eigenvalue weighted by Crippen LogP contribution is -2.05. The summed E-state index contributed by atoms with van der Waals surface area (Å²) in [5, 5.41) is 0.568. The van der Waals surface area contributed by atoms with E-state index in [1.807, 2.05) is 17.8 Å². The van der Waals surface area contributed by atoms with Crippen LogP contribution < -0.4 is 0 Å². The first-order chi connectivity index (χ1) is 8.58. The van der Waals surface area contributed by atoms with Gasteiger partial charge in [-0.3, -0.25) is 4.79 Å². The van der Waals surface area contributed by atoms with Crippen LogP contribution in [0.1, 0.15) is 22.6 Å². The van der Waals surface area contributed by atoms with E-state index in [-0.39, 0.29) is 5.78 Å². The predicted octanol–water partition coefficient (Wildman–Crippen LogP) is 3.65. The van der Waals surface area contributed by atoms with E-state index in [2.05, 4.69) is 20.9 Å². The highest BCUT2D eigenvalue weighted by atomic mass is 79.9. The van der Waals surface area contributed by atoms with Crippen molar-refractivity contribution in [2.24, 2.45) is 7.05 Å². The molecule has 0 aliphatic heterocycles. The predicted molar refractivity (Wildman–Crippen MR) is 75.0 cm³/mol. The van der Waals surface area contributed by atoms with Crippen molar-refractivity contribution in [2.75, 3.05) is 0 Å². The molecule has 0 saturated carbocycles. The number of Topliss-reactive ketones (excluding diaryl/α,β-unsaturated/α-hetero) is 1. The monoisotopic (exact) mass is 326 g/mol. The molecule has 1 heterocycles. The lowest BCUT2D eigenvalue weighted by atomic mass is 10.1. The molecule has 0 aliphatic carbocycles. The maximum absolute atomic E-state index is 12.1. The summed E-state index contributed by atoms with van der Waals surface area (Å²) in [6, 6.07) is 5.23. The molecule has 3 nitrogen and oxygen atoms in total. The highest BCUT2D eigenvalue weighted by Gasteiger charge is 2.12. The van der Waals surface area contributed by atoms with E-state index in [0.29, 0.717) is 23.4 Å². The maximum atomic E-state index is 12.1. The third kappa shape index (κ3) is 3.00. The van der Waals surface area contributed by atoms with Gasteiger partial charge in [-0.25, -0.2) is 4.98 Å². The Labute approximate surface area is 119 Å². The number of ketones is 1. The third-order valence-corrected chi connectivity index (χ3v) is 3.65. The summed E-state index contributed by atoms with van der Waals surface area (Å²) in [4.78, 5) is 16.3.